The molecule has 1 rings (SSSR count). The predicted octanol–water partition coefficient (Wildman–Crippen LogP) is 2.55. The van der Waals surface area contributed by atoms with Crippen molar-refractivity contribution in [1.82, 2.24) is 0 Å². The number of rotatable bonds is 5. The summed E-state index contributed by atoms with van der Waals surface area (Å²) in [7, 11) is 0. The highest BCUT2D eigenvalue weighted by Crippen LogP contribution is 2.07. The van der Waals surface area contributed by atoms with Crippen LogP contribution in [0.5, 0.6) is 0 Å². The van der Waals surface area contributed by atoms with Crippen LogP contribution in [0.3, 0.4) is 0 Å². The van der Waals surface area contributed by atoms with Crippen molar-refractivity contribution in [3.8, 4) is 0 Å². The lowest BCUT2D eigenvalue weighted by Gasteiger charge is -1.96. The van der Waals surface area contributed by atoms with Gasteiger partial charge in [0.05, 0.1) is 6.42 Å². The molecule has 1 aromatic rings. The fourth-order valence-electron chi connectivity index (χ4n) is 1.22. The summed E-state index contributed by atoms with van der Waals surface area (Å²) < 4.78 is 0. The molecule has 0 unspecified atom stereocenters. The maximum atomic E-state index is 10.2. The zero-order valence-corrected chi connectivity index (χ0v) is 9.26. The molecule has 16 heavy (non-hydrogen) atoms. The minimum Gasteiger partial charge on any atom is -0.481 e. The van der Waals surface area contributed by atoms with Crippen molar-refractivity contribution in [2.24, 2.45) is 4.99 Å². The summed E-state index contributed by atoms with van der Waals surface area (Å²) in [6.45, 7) is 2.37. The molecule has 0 aliphatic carbocycles. The molecule has 84 valence electrons. The Hall–Kier alpha value is -1.90. The van der Waals surface area contributed by atoms with Crippen LogP contribution in [0, 0.1) is 6.92 Å². The van der Waals surface area contributed by atoms with Gasteiger partial charge >= 0.3 is 5.97 Å². The van der Waals surface area contributed by atoms with Crippen LogP contribution in [0.4, 0.5) is 0 Å². The van der Waals surface area contributed by atoms with Crippen LogP contribution in [0.15, 0.2) is 35.3 Å². The van der Waals surface area contributed by atoms with E-state index in [1.165, 1.54) is 5.56 Å². The molecule has 0 amide bonds. The van der Waals surface area contributed by atoms with Crippen LogP contribution in [-0.2, 0) is 4.79 Å². The first-order valence-corrected chi connectivity index (χ1v) is 5.14. The number of carbonyl (C=O) groups is 1. The van der Waals surface area contributed by atoms with Crippen molar-refractivity contribution in [3.63, 3.8) is 0 Å². The number of aliphatic carboxylic acids is 1. The van der Waals surface area contributed by atoms with Crippen molar-refractivity contribution in [3.05, 3.63) is 41.5 Å². The molecule has 0 radical (unpaired) electrons. The number of aliphatic imine (C=N–C) groups is 1. The van der Waals surface area contributed by atoms with Gasteiger partial charge in [-0.05, 0) is 24.1 Å². The van der Waals surface area contributed by atoms with Crippen LogP contribution in [0.1, 0.15) is 17.5 Å². The number of allylic oxidation sites excluding steroid dienone is 1. The molecule has 0 aliphatic rings. The SMILES string of the molecule is Cc1ccccc1/C=C\C=N\CCC(=O)O. The predicted molar refractivity (Wildman–Crippen MR) is 65.8 cm³/mol. The second-order valence-electron chi connectivity index (χ2n) is 3.41. The first-order chi connectivity index (χ1) is 7.70. The summed E-state index contributed by atoms with van der Waals surface area (Å²) in [5, 5.41) is 8.39. The second-order valence-corrected chi connectivity index (χ2v) is 3.41. The van der Waals surface area contributed by atoms with E-state index in [4.69, 9.17) is 5.11 Å². The highest BCUT2D eigenvalue weighted by molar-refractivity contribution is 5.79. The van der Waals surface area contributed by atoms with Crippen molar-refractivity contribution < 1.29 is 9.90 Å². The molecule has 1 N–H and O–H groups in total. The van der Waals surface area contributed by atoms with Crippen molar-refractivity contribution >= 4 is 18.3 Å². The van der Waals surface area contributed by atoms with Crippen molar-refractivity contribution in [2.45, 2.75) is 13.3 Å². The molecule has 0 heterocycles. The van der Waals surface area contributed by atoms with E-state index in [1.807, 2.05) is 43.3 Å². The molecule has 1 aromatic carbocycles. The number of nitrogens with zero attached hydrogens (tertiary/aromatic N) is 1. The third-order valence-corrected chi connectivity index (χ3v) is 2.11. The minimum absolute atomic E-state index is 0.0781. The van der Waals surface area contributed by atoms with Crippen molar-refractivity contribution in [2.75, 3.05) is 6.54 Å². The lowest BCUT2D eigenvalue weighted by Crippen LogP contribution is -1.96. The van der Waals surface area contributed by atoms with Gasteiger partial charge in [-0.3, -0.25) is 9.79 Å². The summed E-state index contributed by atoms with van der Waals surface area (Å²) in [5.74, 6) is -0.819. The van der Waals surface area contributed by atoms with Gasteiger partial charge in [-0.25, -0.2) is 0 Å². The molecule has 3 nitrogen and oxygen atoms in total. The van der Waals surface area contributed by atoms with E-state index in [0.717, 1.165) is 5.56 Å². The Bertz CT molecular complexity index is 408. The Morgan fingerprint density at radius 2 is 2.19 bits per heavy atom. The number of hydrogen-bond acceptors (Lipinski definition) is 2. The molecule has 0 saturated carbocycles. The highest BCUT2D eigenvalue weighted by Gasteiger charge is 1.91. The summed E-state index contributed by atoms with van der Waals surface area (Å²) in [4.78, 5) is 14.2. The Labute approximate surface area is 95.1 Å². The fraction of sp³-hybridized carbons (Fsp3) is 0.231. The third-order valence-electron chi connectivity index (χ3n) is 2.11. The van der Waals surface area contributed by atoms with E-state index < -0.39 is 5.97 Å². The molecular weight excluding hydrogens is 202 g/mol. The molecule has 0 bridgehead atoms. The van der Waals surface area contributed by atoms with Gasteiger partial charge in [-0.1, -0.05) is 30.3 Å². The summed E-state index contributed by atoms with van der Waals surface area (Å²) >= 11 is 0. The quantitative estimate of drug-likeness (QED) is 0.770. The van der Waals surface area contributed by atoms with E-state index in [9.17, 15) is 4.79 Å². The lowest BCUT2D eigenvalue weighted by atomic mass is 10.1. The summed E-state index contributed by atoms with van der Waals surface area (Å²) in [5.41, 5.74) is 2.35. The monoisotopic (exact) mass is 217 g/mol. The Kier molecular flexibility index (Phi) is 4.99. The topological polar surface area (TPSA) is 49.7 Å². The van der Waals surface area contributed by atoms with Gasteiger partial charge in [0.1, 0.15) is 0 Å². The Morgan fingerprint density at radius 1 is 1.44 bits per heavy atom. The van der Waals surface area contributed by atoms with Crippen LogP contribution in [0.25, 0.3) is 6.08 Å². The molecular formula is C13H15NO2. The smallest absolute Gasteiger partial charge is 0.305 e. The maximum absolute atomic E-state index is 10.2. The number of benzene rings is 1. The van der Waals surface area contributed by atoms with E-state index in [2.05, 4.69) is 4.99 Å². The molecule has 0 atom stereocenters. The van der Waals surface area contributed by atoms with Crippen LogP contribution < -0.4 is 0 Å². The minimum atomic E-state index is -0.819. The molecule has 0 saturated heterocycles. The maximum Gasteiger partial charge on any atom is 0.305 e. The molecule has 3 heteroatoms. The van der Waals surface area contributed by atoms with E-state index in [0.29, 0.717) is 6.54 Å². The standard InChI is InChI=1S/C13H15NO2/c1-11-5-2-3-6-12(11)7-4-9-14-10-8-13(15)16/h2-7,9H,8,10H2,1H3,(H,15,16)/b7-4-,14-9+. The largest absolute Gasteiger partial charge is 0.481 e. The van der Waals surface area contributed by atoms with Gasteiger partial charge in [0.25, 0.3) is 0 Å². The average molecular weight is 217 g/mol. The van der Waals surface area contributed by atoms with E-state index >= 15 is 0 Å². The number of carboxylic acid groups (broad SMARTS) is 1. The van der Waals surface area contributed by atoms with Gasteiger partial charge in [-0.2, -0.15) is 0 Å². The third kappa shape index (κ3) is 4.55. The average Bonchev–Trinajstić information content (AvgIpc) is 2.25. The molecule has 0 spiro atoms. The zero-order chi connectivity index (χ0) is 11.8. The summed E-state index contributed by atoms with van der Waals surface area (Å²) in [6, 6.07) is 8.04. The normalized spacial score (nSPS) is 11.3. The lowest BCUT2D eigenvalue weighted by molar-refractivity contribution is -0.136. The first kappa shape index (κ1) is 12.2. The Balaban J connectivity index is 2.43. The van der Waals surface area contributed by atoms with Crippen LogP contribution in [-0.4, -0.2) is 23.8 Å². The molecule has 0 aromatic heterocycles. The summed E-state index contributed by atoms with van der Waals surface area (Å²) in [6.07, 6.45) is 5.49. The van der Waals surface area contributed by atoms with E-state index in [1.54, 1.807) is 6.21 Å². The first-order valence-electron chi connectivity index (χ1n) is 5.14. The van der Waals surface area contributed by atoms with Gasteiger partial charge in [0.15, 0.2) is 0 Å². The van der Waals surface area contributed by atoms with Crippen LogP contribution >= 0.6 is 0 Å². The molecule has 0 fully saturated rings. The molecule has 0 aliphatic heterocycles. The van der Waals surface area contributed by atoms with Gasteiger partial charge in [0.2, 0.25) is 0 Å². The van der Waals surface area contributed by atoms with Gasteiger partial charge < -0.3 is 5.11 Å². The van der Waals surface area contributed by atoms with Crippen LogP contribution in [0.2, 0.25) is 0 Å². The zero-order valence-electron chi connectivity index (χ0n) is 9.26. The van der Waals surface area contributed by atoms with E-state index in [-0.39, 0.29) is 6.42 Å². The van der Waals surface area contributed by atoms with Crippen molar-refractivity contribution in [1.29, 1.82) is 0 Å². The van der Waals surface area contributed by atoms with Gasteiger partial charge in [0, 0.05) is 12.8 Å². The Morgan fingerprint density at radius 3 is 2.88 bits per heavy atom. The number of carboxylic acids is 1. The fourth-order valence-corrected chi connectivity index (χ4v) is 1.22. The second kappa shape index (κ2) is 6.56. The highest BCUT2D eigenvalue weighted by atomic mass is 16.4. The number of aryl methyl sites for hydroxylation is 1. The van der Waals surface area contributed by atoms with Gasteiger partial charge in [-0.15, -0.1) is 0 Å². The number of hydrogen-bond donors (Lipinski definition) is 1.